The van der Waals surface area contributed by atoms with Crippen LogP contribution in [0.5, 0.6) is 0 Å². The summed E-state index contributed by atoms with van der Waals surface area (Å²) in [6, 6.07) is 11.7. The summed E-state index contributed by atoms with van der Waals surface area (Å²) in [7, 11) is 0. The Balaban J connectivity index is 2.15. The number of hydrogen-bond acceptors (Lipinski definition) is 3. The molecule has 0 bridgehead atoms. The van der Waals surface area contributed by atoms with Crippen molar-refractivity contribution >= 4 is 34.5 Å². The van der Waals surface area contributed by atoms with Crippen molar-refractivity contribution in [3.05, 3.63) is 56.5 Å². The molecule has 2 heterocycles. The third kappa shape index (κ3) is 2.82. The molecule has 2 aromatic heterocycles. The van der Waals surface area contributed by atoms with Crippen LogP contribution in [-0.2, 0) is 0 Å². The van der Waals surface area contributed by atoms with E-state index in [0.29, 0.717) is 21.7 Å². The van der Waals surface area contributed by atoms with E-state index in [9.17, 15) is 0 Å². The van der Waals surface area contributed by atoms with E-state index in [1.807, 2.05) is 37.3 Å². The zero-order valence-electron chi connectivity index (χ0n) is 11.5. The number of nitrogens with zero attached hydrogens (tertiary/aromatic N) is 2. The predicted octanol–water partition coefficient (Wildman–Crippen LogP) is 5.80. The van der Waals surface area contributed by atoms with Gasteiger partial charge in [0, 0.05) is 15.3 Å². The molecule has 0 N–H and O–H groups in total. The number of aromatic nitrogens is 2. The van der Waals surface area contributed by atoms with Crippen LogP contribution in [0.15, 0.2) is 36.4 Å². The molecule has 0 amide bonds. The number of halogens is 2. The van der Waals surface area contributed by atoms with Gasteiger partial charge in [-0.25, -0.2) is 9.97 Å². The molecule has 0 fully saturated rings. The predicted molar refractivity (Wildman–Crippen MR) is 90.3 cm³/mol. The number of rotatable bonds is 2. The molecule has 1 aromatic carbocycles. The zero-order valence-corrected chi connectivity index (χ0v) is 13.9. The summed E-state index contributed by atoms with van der Waals surface area (Å²) in [6.07, 6.45) is 0. The van der Waals surface area contributed by atoms with E-state index >= 15 is 0 Å². The quantitative estimate of drug-likeness (QED) is 0.554. The van der Waals surface area contributed by atoms with Crippen LogP contribution in [0, 0.1) is 13.8 Å². The van der Waals surface area contributed by atoms with Gasteiger partial charge in [0.15, 0.2) is 5.82 Å². The zero-order chi connectivity index (χ0) is 15.0. The average molecular weight is 335 g/mol. The lowest BCUT2D eigenvalue weighted by atomic mass is 10.1. The summed E-state index contributed by atoms with van der Waals surface area (Å²) < 4.78 is 0. The summed E-state index contributed by atoms with van der Waals surface area (Å²) >= 11 is 14.4. The van der Waals surface area contributed by atoms with Crippen LogP contribution in [0.2, 0.25) is 10.3 Å². The summed E-state index contributed by atoms with van der Waals surface area (Å²) in [5.74, 6) is 0.575. The highest BCUT2D eigenvalue weighted by Crippen LogP contribution is 2.36. The molecule has 5 heteroatoms. The van der Waals surface area contributed by atoms with Crippen molar-refractivity contribution in [3.8, 4) is 22.5 Å². The Morgan fingerprint density at radius 2 is 1.57 bits per heavy atom. The topological polar surface area (TPSA) is 25.8 Å². The second-order valence-corrected chi connectivity index (χ2v) is 6.87. The summed E-state index contributed by atoms with van der Waals surface area (Å²) in [5.41, 5.74) is 2.57. The summed E-state index contributed by atoms with van der Waals surface area (Å²) in [5, 5.41) is 0.749. The SMILES string of the molecule is Cc1cc(-c2nc(Cl)c(-c3ccccc3)c(Cl)n2)c(C)s1. The van der Waals surface area contributed by atoms with Crippen molar-refractivity contribution in [2.24, 2.45) is 0 Å². The highest BCUT2D eigenvalue weighted by Gasteiger charge is 2.16. The van der Waals surface area contributed by atoms with Crippen LogP contribution in [-0.4, -0.2) is 9.97 Å². The van der Waals surface area contributed by atoms with Gasteiger partial charge in [-0.1, -0.05) is 53.5 Å². The Morgan fingerprint density at radius 1 is 0.952 bits per heavy atom. The van der Waals surface area contributed by atoms with Crippen LogP contribution in [0.1, 0.15) is 9.75 Å². The molecule has 0 unspecified atom stereocenters. The van der Waals surface area contributed by atoms with Gasteiger partial charge in [-0.3, -0.25) is 0 Å². The molecule has 0 aliphatic carbocycles. The highest BCUT2D eigenvalue weighted by molar-refractivity contribution is 7.12. The summed E-state index contributed by atoms with van der Waals surface area (Å²) in [4.78, 5) is 11.2. The fourth-order valence-electron chi connectivity index (χ4n) is 2.22. The van der Waals surface area contributed by atoms with Gasteiger partial charge >= 0.3 is 0 Å². The first kappa shape index (κ1) is 14.5. The van der Waals surface area contributed by atoms with Crippen LogP contribution < -0.4 is 0 Å². The van der Waals surface area contributed by atoms with Gasteiger partial charge in [0.1, 0.15) is 10.3 Å². The fourth-order valence-corrected chi connectivity index (χ4v) is 3.75. The Hall–Kier alpha value is -1.42. The molecule has 21 heavy (non-hydrogen) atoms. The van der Waals surface area contributed by atoms with E-state index in [0.717, 1.165) is 16.0 Å². The van der Waals surface area contributed by atoms with E-state index in [4.69, 9.17) is 23.2 Å². The molecule has 0 aliphatic heterocycles. The van der Waals surface area contributed by atoms with Gasteiger partial charge in [0.2, 0.25) is 0 Å². The minimum absolute atomic E-state index is 0.374. The van der Waals surface area contributed by atoms with E-state index in [-0.39, 0.29) is 0 Å². The molecule has 0 spiro atoms. The van der Waals surface area contributed by atoms with Gasteiger partial charge in [-0.05, 0) is 25.5 Å². The van der Waals surface area contributed by atoms with Gasteiger partial charge in [0.25, 0.3) is 0 Å². The fraction of sp³-hybridized carbons (Fsp3) is 0.125. The number of aryl methyl sites for hydroxylation is 2. The van der Waals surface area contributed by atoms with E-state index < -0.39 is 0 Å². The Kier molecular flexibility index (Phi) is 3.98. The van der Waals surface area contributed by atoms with Gasteiger partial charge in [-0.15, -0.1) is 11.3 Å². The molecule has 0 saturated carbocycles. The molecule has 3 aromatic rings. The molecule has 0 atom stereocenters. The normalized spacial score (nSPS) is 10.9. The molecule has 0 radical (unpaired) electrons. The third-order valence-corrected chi connectivity index (χ3v) is 4.68. The van der Waals surface area contributed by atoms with E-state index in [1.165, 1.54) is 4.88 Å². The molecule has 106 valence electrons. The maximum absolute atomic E-state index is 6.35. The first-order valence-corrected chi connectivity index (χ1v) is 7.99. The number of hydrogen-bond donors (Lipinski definition) is 0. The van der Waals surface area contributed by atoms with Crippen molar-refractivity contribution < 1.29 is 0 Å². The number of thiophene rings is 1. The Bertz CT molecular complexity index is 774. The lowest BCUT2D eigenvalue weighted by Crippen LogP contribution is -1.94. The van der Waals surface area contributed by atoms with Crippen LogP contribution in [0.4, 0.5) is 0 Å². The molecular weight excluding hydrogens is 323 g/mol. The van der Waals surface area contributed by atoms with Crippen LogP contribution >= 0.6 is 34.5 Å². The van der Waals surface area contributed by atoms with Crippen LogP contribution in [0.25, 0.3) is 22.5 Å². The maximum Gasteiger partial charge on any atom is 0.163 e. The average Bonchev–Trinajstić information content (AvgIpc) is 2.78. The van der Waals surface area contributed by atoms with E-state index in [1.54, 1.807) is 11.3 Å². The smallest absolute Gasteiger partial charge is 0.163 e. The van der Waals surface area contributed by atoms with Crippen molar-refractivity contribution in [2.75, 3.05) is 0 Å². The second kappa shape index (κ2) is 5.76. The summed E-state index contributed by atoms with van der Waals surface area (Å²) in [6.45, 7) is 4.10. The first-order chi connectivity index (χ1) is 10.1. The molecular formula is C16H12Cl2N2S. The lowest BCUT2D eigenvalue weighted by molar-refractivity contribution is 1.18. The molecule has 3 rings (SSSR count). The standard InChI is InChI=1S/C16H12Cl2N2S/c1-9-8-12(10(2)21-9)16-19-14(17)13(15(18)20-16)11-6-4-3-5-7-11/h3-8H,1-2H3. The second-order valence-electron chi connectivity index (χ2n) is 4.70. The molecule has 2 nitrogen and oxygen atoms in total. The van der Waals surface area contributed by atoms with Gasteiger partial charge in [-0.2, -0.15) is 0 Å². The monoisotopic (exact) mass is 334 g/mol. The molecule has 0 saturated heterocycles. The first-order valence-electron chi connectivity index (χ1n) is 6.42. The van der Waals surface area contributed by atoms with Crippen LogP contribution in [0.3, 0.4) is 0 Å². The van der Waals surface area contributed by atoms with E-state index in [2.05, 4.69) is 23.0 Å². The lowest BCUT2D eigenvalue weighted by Gasteiger charge is -2.08. The van der Waals surface area contributed by atoms with Crippen molar-refractivity contribution in [1.82, 2.24) is 9.97 Å². The maximum atomic E-state index is 6.35. The Morgan fingerprint density at radius 3 is 2.10 bits per heavy atom. The van der Waals surface area contributed by atoms with Gasteiger partial charge in [0.05, 0.1) is 5.56 Å². The molecule has 0 aliphatic rings. The van der Waals surface area contributed by atoms with Gasteiger partial charge < -0.3 is 0 Å². The minimum Gasteiger partial charge on any atom is -0.216 e. The van der Waals surface area contributed by atoms with Crippen molar-refractivity contribution in [2.45, 2.75) is 13.8 Å². The largest absolute Gasteiger partial charge is 0.216 e. The minimum atomic E-state index is 0.374. The highest BCUT2D eigenvalue weighted by atomic mass is 35.5. The van der Waals surface area contributed by atoms with Crippen molar-refractivity contribution in [3.63, 3.8) is 0 Å². The Labute approximate surface area is 137 Å². The third-order valence-electron chi connectivity index (χ3n) is 3.17. The van der Waals surface area contributed by atoms with Crippen molar-refractivity contribution in [1.29, 1.82) is 0 Å². The number of benzene rings is 1.